The van der Waals surface area contributed by atoms with E-state index in [1.165, 1.54) is 0 Å². The molecule has 1 amide bonds. The SMILES string of the molecule is Cl.Cl.O=C(COc1ccc(C(=O)CN2CCN(C3CCNCC3)CC2=O)cc1)OCC(Cl)(Cl)Cl. The van der Waals surface area contributed by atoms with E-state index in [4.69, 9.17) is 44.3 Å². The molecule has 8 nitrogen and oxygen atoms in total. The number of carbonyl (C=O) groups is 3. The third-order valence-corrected chi connectivity index (χ3v) is 5.76. The number of benzene rings is 1. The Kier molecular flexibility index (Phi) is 13.3. The van der Waals surface area contributed by atoms with Crippen LogP contribution in [0.4, 0.5) is 0 Å². The fraction of sp³-hybridized carbons (Fsp3) is 0.571. The topological polar surface area (TPSA) is 88.2 Å². The van der Waals surface area contributed by atoms with Crippen molar-refractivity contribution < 1.29 is 23.9 Å². The molecule has 0 radical (unpaired) electrons. The van der Waals surface area contributed by atoms with Gasteiger partial charge in [0.2, 0.25) is 9.70 Å². The zero-order valence-electron chi connectivity index (χ0n) is 18.3. The number of piperidine rings is 1. The molecule has 0 saturated carbocycles. The van der Waals surface area contributed by atoms with E-state index >= 15 is 0 Å². The molecule has 1 aromatic carbocycles. The van der Waals surface area contributed by atoms with Crippen LogP contribution in [0.2, 0.25) is 0 Å². The first-order valence-electron chi connectivity index (χ1n) is 10.4. The molecule has 0 atom stereocenters. The van der Waals surface area contributed by atoms with Crippen molar-refractivity contribution in [1.82, 2.24) is 15.1 Å². The zero-order chi connectivity index (χ0) is 23.1. The predicted octanol–water partition coefficient (Wildman–Crippen LogP) is 2.90. The van der Waals surface area contributed by atoms with Crippen molar-refractivity contribution in [3.05, 3.63) is 29.8 Å². The average molecular weight is 580 g/mol. The molecule has 0 spiro atoms. The number of piperazine rings is 1. The maximum Gasteiger partial charge on any atom is 0.344 e. The second-order valence-corrected chi connectivity index (χ2v) is 10.3. The number of amides is 1. The highest BCUT2D eigenvalue weighted by Crippen LogP contribution is 2.26. The molecular weight excluding hydrogens is 552 g/mol. The number of hydrogen-bond donors (Lipinski definition) is 1. The first-order valence-corrected chi connectivity index (χ1v) is 11.6. The Morgan fingerprint density at radius 3 is 2.29 bits per heavy atom. The lowest BCUT2D eigenvalue weighted by atomic mass is 10.0. The molecule has 1 aromatic rings. The van der Waals surface area contributed by atoms with Gasteiger partial charge in [-0.3, -0.25) is 14.5 Å². The fourth-order valence-corrected chi connectivity index (χ4v) is 3.89. The number of alkyl halides is 3. The Morgan fingerprint density at radius 2 is 1.71 bits per heavy atom. The summed E-state index contributed by atoms with van der Waals surface area (Å²) in [5, 5.41) is 3.33. The molecule has 2 fully saturated rings. The van der Waals surface area contributed by atoms with Crippen LogP contribution in [0, 0.1) is 0 Å². The molecule has 0 bridgehead atoms. The Morgan fingerprint density at radius 1 is 1.06 bits per heavy atom. The van der Waals surface area contributed by atoms with E-state index in [2.05, 4.69) is 10.2 Å². The van der Waals surface area contributed by atoms with Crippen molar-refractivity contribution in [3.63, 3.8) is 0 Å². The number of ketones is 1. The van der Waals surface area contributed by atoms with Gasteiger partial charge < -0.3 is 19.7 Å². The molecule has 2 aliphatic rings. The van der Waals surface area contributed by atoms with Crippen LogP contribution >= 0.6 is 59.6 Å². The number of nitrogens with one attached hydrogen (secondary N) is 1. The zero-order valence-corrected chi connectivity index (χ0v) is 22.2. The minimum Gasteiger partial charge on any atom is -0.482 e. The Balaban J connectivity index is 0.00000289. The minimum atomic E-state index is -1.68. The maximum absolute atomic E-state index is 12.6. The number of carbonyl (C=O) groups excluding carboxylic acids is 3. The second-order valence-electron chi connectivity index (χ2n) is 7.78. The van der Waals surface area contributed by atoms with Crippen molar-refractivity contribution in [1.29, 1.82) is 0 Å². The summed E-state index contributed by atoms with van der Waals surface area (Å²) < 4.78 is 8.41. The van der Waals surface area contributed by atoms with Crippen LogP contribution in [0.3, 0.4) is 0 Å². The van der Waals surface area contributed by atoms with Gasteiger partial charge in [0.15, 0.2) is 12.4 Å². The Bertz CT molecular complexity index is 816. The summed E-state index contributed by atoms with van der Waals surface area (Å²) in [7, 11) is 0. The van der Waals surface area contributed by atoms with Crippen LogP contribution < -0.4 is 10.1 Å². The molecule has 0 aromatic heterocycles. The number of Topliss-reactive ketones (excluding diaryl/α,β-unsaturated/α-hetero) is 1. The van der Waals surface area contributed by atoms with Gasteiger partial charge in [0.05, 0.1) is 13.1 Å². The highest BCUT2D eigenvalue weighted by molar-refractivity contribution is 6.67. The number of esters is 1. The summed E-state index contributed by atoms with van der Waals surface area (Å²) in [6.07, 6.45) is 2.09. The first kappa shape index (κ1) is 31.0. The van der Waals surface area contributed by atoms with E-state index in [1.54, 1.807) is 29.2 Å². The van der Waals surface area contributed by atoms with E-state index < -0.39 is 9.76 Å². The molecule has 2 heterocycles. The van der Waals surface area contributed by atoms with Gasteiger partial charge in [0, 0.05) is 24.7 Å². The third-order valence-electron chi connectivity index (χ3n) is 5.44. The Labute approximate surface area is 226 Å². The quantitative estimate of drug-likeness (QED) is 0.288. The standard InChI is InChI=1S/C21H26Cl3N3O5.2ClH/c22-21(23,24)14-32-20(30)13-31-17-3-1-15(2-4-17)18(28)11-27-10-9-26(12-19(27)29)16-5-7-25-8-6-16;;/h1-4,16,25H,5-14H2;2*1H. The number of ether oxygens (including phenoxy) is 2. The average Bonchev–Trinajstić information content (AvgIpc) is 2.78. The number of nitrogens with zero attached hydrogens (tertiary/aromatic N) is 2. The van der Waals surface area contributed by atoms with Gasteiger partial charge in [0.1, 0.15) is 12.4 Å². The molecule has 13 heteroatoms. The number of rotatable bonds is 8. The van der Waals surface area contributed by atoms with Crippen molar-refractivity contribution in [2.24, 2.45) is 0 Å². The van der Waals surface area contributed by atoms with Crippen LogP contribution in [0.15, 0.2) is 24.3 Å². The van der Waals surface area contributed by atoms with Crippen molar-refractivity contribution >= 4 is 77.3 Å². The van der Waals surface area contributed by atoms with Gasteiger partial charge in [-0.2, -0.15) is 0 Å². The Hall–Kier alpha value is -1.000. The largest absolute Gasteiger partial charge is 0.482 e. The minimum absolute atomic E-state index is 0. The van der Waals surface area contributed by atoms with Gasteiger partial charge in [-0.05, 0) is 50.2 Å². The predicted molar refractivity (Wildman–Crippen MR) is 136 cm³/mol. The van der Waals surface area contributed by atoms with E-state index in [-0.39, 0.29) is 56.3 Å². The lowest BCUT2D eigenvalue weighted by molar-refractivity contribution is -0.145. The summed E-state index contributed by atoms with van der Waals surface area (Å²) in [5.74, 6) is -0.462. The first-order chi connectivity index (χ1) is 15.2. The summed E-state index contributed by atoms with van der Waals surface area (Å²) >= 11 is 16.5. The van der Waals surface area contributed by atoms with Crippen LogP contribution in [-0.4, -0.2) is 89.8 Å². The molecule has 0 unspecified atom stereocenters. The molecule has 2 saturated heterocycles. The number of hydrogen-bond acceptors (Lipinski definition) is 7. The summed E-state index contributed by atoms with van der Waals surface area (Å²) in [4.78, 5) is 40.6. The fourth-order valence-electron chi connectivity index (χ4n) is 3.73. The van der Waals surface area contributed by atoms with Gasteiger partial charge in [-0.1, -0.05) is 34.8 Å². The molecule has 0 aliphatic carbocycles. The van der Waals surface area contributed by atoms with E-state index in [9.17, 15) is 14.4 Å². The van der Waals surface area contributed by atoms with E-state index in [1.807, 2.05) is 0 Å². The number of halogens is 5. The van der Waals surface area contributed by atoms with Crippen LogP contribution in [0.25, 0.3) is 0 Å². The second kappa shape index (κ2) is 14.5. The molecular formula is C21H28Cl5N3O5. The lowest BCUT2D eigenvalue weighted by Gasteiger charge is -2.40. The van der Waals surface area contributed by atoms with E-state index in [0.717, 1.165) is 32.5 Å². The highest BCUT2D eigenvalue weighted by Gasteiger charge is 2.30. The van der Waals surface area contributed by atoms with Gasteiger partial charge in [-0.15, -0.1) is 24.8 Å². The van der Waals surface area contributed by atoms with Gasteiger partial charge >= 0.3 is 5.97 Å². The van der Waals surface area contributed by atoms with Crippen LogP contribution in [0.1, 0.15) is 23.2 Å². The van der Waals surface area contributed by atoms with Gasteiger partial charge in [0.25, 0.3) is 0 Å². The molecule has 1 N–H and O–H groups in total. The summed E-state index contributed by atoms with van der Waals surface area (Å²) in [5.41, 5.74) is 0.463. The smallest absolute Gasteiger partial charge is 0.344 e. The van der Waals surface area contributed by atoms with Crippen LogP contribution in [-0.2, 0) is 14.3 Å². The monoisotopic (exact) mass is 577 g/mol. The molecule has 192 valence electrons. The molecule has 3 rings (SSSR count). The van der Waals surface area contributed by atoms with Gasteiger partial charge in [-0.25, -0.2) is 4.79 Å². The third kappa shape index (κ3) is 9.93. The summed E-state index contributed by atoms with van der Waals surface area (Å²) in [6, 6.07) is 6.78. The van der Waals surface area contributed by atoms with Crippen molar-refractivity contribution in [3.8, 4) is 5.75 Å². The summed E-state index contributed by atoms with van der Waals surface area (Å²) in [6.45, 7) is 2.96. The molecule has 2 aliphatic heterocycles. The normalized spacial score (nSPS) is 17.4. The van der Waals surface area contributed by atoms with Crippen molar-refractivity contribution in [2.45, 2.75) is 22.7 Å². The highest BCUT2D eigenvalue weighted by atomic mass is 35.6. The van der Waals surface area contributed by atoms with Crippen molar-refractivity contribution in [2.75, 3.05) is 52.5 Å². The lowest BCUT2D eigenvalue weighted by Crippen LogP contribution is -2.56. The van der Waals surface area contributed by atoms with E-state index in [0.29, 0.717) is 30.4 Å². The molecule has 34 heavy (non-hydrogen) atoms. The maximum atomic E-state index is 12.6. The van der Waals surface area contributed by atoms with Crippen LogP contribution in [0.5, 0.6) is 5.75 Å².